The number of para-hydroxylation sites is 1. The number of hydrogen-bond donors (Lipinski definition) is 2. The van der Waals surface area contributed by atoms with E-state index in [9.17, 15) is 4.79 Å². The minimum atomic E-state index is -0.180. The zero-order chi connectivity index (χ0) is 14.7. The van der Waals surface area contributed by atoms with E-state index in [1.54, 1.807) is 7.11 Å². The second kappa shape index (κ2) is 5.87. The summed E-state index contributed by atoms with van der Waals surface area (Å²) in [7, 11) is 1.64. The number of methoxy groups -OCH3 is 1. The smallest absolute Gasteiger partial charge is 0.243 e. The summed E-state index contributed by atoms with van der Waals surface area (Å²) in [5, 5.41) is 6.23. The van der Waals surface area contributed by atoms with E-state index in [4.69, 9.17) is 4.74 Å². The molecule has 1 aliphatic rings. The van der Waals surface area contributed by atoms with Gasteiger partial charge in [-0.05, 0) is 29.3 Å². The van der Waals surface area contributed by atoms with Crippen LogP contribution in [0, 0.1) is 0 Å². The van der Waals surface area contributed by atoms with Crippen LogP contribution in [-0.4, -0.2) is 19.1 Å². The molecule has 0 aromatic heterocycles. The average molecular weight is 282 g/mol. The number of rotatable bonds is 4. The summed E-state index contributed by atoms with van der Waals surface area (Å²) in [5.74, 6) is 0.847. The van der Waals surface area contributed by atoms with Gasteiger partial charge in [-0.3, -0.25) is 4.79 Å². The molecule has 0 saturated heterocycles. The number of ether oxygens (including phenoxy) is 1. The van der Waals surface area contributed by atoms with Gasteiger partial charge in [-0.15, -0.1) is 0 Å². The van der Waals surface area contributed by atoms with Crippen molar-refractivity contribution in [2.24, 2.45) is 0 Å². The normalized spacial score (nSPS) is 16.0. The van der Waals surface area contributed by atoms with Crippen molar-refractivity contribution >= 4 is 11.6 Å². The Balaban J connectivity index is 1.55. The van der Waals surface area contributed by atoms with Gasteiger partial charge in [-0.1, -0.05) is 30.3 Å². The summed E-state index contributed by atoms with van der Waals surface area (Å²) in [5.41, 5.74) is 3.31. The third-order valence-electron chi connectivity index (χ3n) is 3.71. The van der Waals surface area contributed by atoms with Gasteiger partial charge in [0.05, 0.1) is 7.11 Å². The van der Waals surface area contributed by atoms with Crippen molar-refractivity contribution in [2.45, 2.75) is 19.0 Å². The molecule has 2 aromatic carbocycles. The molecule has 4 nitrogen and oxygen atoms in total. The van der Waals surface area contributed by atoms with Crippen LogP contribution >= 0.6 is 0 Å². The largest absolute Gasteiger partial charge is 0.497 e. The van der Waals surface area contributed by atoms with Crippen LogP contribution in [0.4, 0.5) is 5.69 Å². The summed E-state index contributed by atoms with van der Waals surface area (Å²) in [6.07, 6.45) is 0.741. The molecule has 0 aliphatic carbocycles. The maximum Gasteiger partial charge on any atom is 0.243 e. The SMILES string of the molecule is COc1ccc(CNC(=O)C2Cc3ccccc3N2)cc1. The third-order valence-corrected chi connectivity index (χ3v) is 3.71. The van der Waals surface area contributed by atoms with E-state index < -0.39 is 0 Å². The predicted molar refractivity (Wildman–Crippen MR) is 82.4 cm³/mol. The molecule has 0 fully saturated rings. The molecule has 1 heterocycles. The Morgan fingerprint density at radius 1 is 1.24 bits per heavy atom. The maximum atomic E-state index is 12.2. The van der Waals surface area contributed by atoms with E-state index in [1.165, 1.54) is 5.56 Å². The highest BCUT2D eigenvalue weighted by atomic mass is 16.5. The van der Waals surface area contributed by atoms with Gasteiger partial charge < -0.3 is 15.4 Å². The van der Waals surface area contributed by atoms with Crippen molar-refractivity contribution in [1.82, 2.24) is 5.32 Å². The van der Waals surface area contributed by atoms with Crippen molar-refractivity contribution < 1.29 is 9.53 Å². The van der Waals surface area contributed by atoms with Crippen LogP contribution < -0.4 is 15.4 Å². The molecule has 0 radical (unpaired) electrons. The molecule has 0 saturated carbocycles. The van der Waals surface area contributed by atoms with Gasteiger partial charge in [-0.2, -0.15) is 0 Å². The van der Waals surface area contributed by atoms with Crippen LogP contribution in [0.1, 0.15) is 11.1 Å². The standard InChI is InChI=1S/C17H18N2O2/c1-21-14-8-6-12(7-9-14)11-18-17(20)16-10-13-4-2-3-5-15(13)19-16/h2-9,16,19H,10-11H2,1H3,(H,18,20). The van der Waals surface area contributed by atoms with Gasteiger partial charge in [0, 0.05) is 18.7 Å². The van der Waals surface area contributed by atoms with Crippen molar-refractivity contribution in [3.05, 3.63) is 59.7 Å². The Morgan fingerprint density at radius 2 is 2.00 bits per heavy atom. The lowest BCUT2D eigenvalue weighted by Crippen LogP contribution is -2.38. The number of amides is 1. The van der Waals surface area contributed by atoms with Crippen LogP contribution in [-0.2, 0) is 17.8 Å². The van der Waals surface area contributed by atoms with Crippen LogP contribution in [0.3, 0.4) is 0 Å². The highest BCUT2D eigenvalue weighted by molar-refractivity contribution is 5.87. The number of anilines is 1. The first-order chi connectivity index (χ1) is 10.3. The van der Waals surface area contributed by atoms with E-state index in [0.717, 1.165) is 23.4 Å². The van der Waals surface area contributed by atoms with Gasteiger partial charge in [0.15, 0.2) is 0 Å². The summed E-state index contributed by atoms with van der Waals surface area (Å²) in [6, 6.07) is 15.6. The number of hydrogen-bond acceptors (Lipinski definition) is 3. The fourth-order valence-electron chi connectivity index (χ4n) is 2.51. The highest BCUT2D eigenvalue weighted by Gasteiger charge is 2.25. The molecule has 2 N–H and O–H groups in total. The fourth-order valence-corrected chi connectivity index (χ4v) is 2.51. The molecular formula is C17H18N2O2. The first kappa shape index (κ1) is 13.5. The van der Waals surface area contributed by atoms with Crippen molar-refractivity contribution in [3.63, 3.8) is 0 Å². The zero-order valence-corrected chi connectivity index (χ0v) is 11.9. The van der Waals surface area contributed by atoms with Crippen molar-refractivity contribution in [1.29, 1.82) is 0 Å². The van der Waals surface area contributed by atoms with Crippen LogP contribution in [0.15, 0.2) is 48.5 Å². The van der Waals surface area contributed by atoms with Crippen LogP contribution in [0.25, 0.3) is 0 Å². The maximum absolute atomic E-state index is 12.2. The Bertz CT molecular complexity index is 612. The lowest BCUT2D eigenvalue weighted by Gasteiger charge is -2.12. The first-order valence-corrected chi connectivity index (χ1v) is 7.01. The molecule has 1 aliphatic heterocycles. The fraction of sp³-hybridized carbons (Fsp3) is 0.235. The number of carbonyl (C=O) groups is 1. The Morgan fingerprint density at radius 3 is 2.71 bits per heavy atom. The quantitative estimate of drug-likeness (QED) is 0.905. The van der Waals surface area contributed by atoms with Gasteiger partial charge in [0.25, 0.3) is 0 Å². The number of nitrogens with one attached hydrogen (secondary N) is 2. The molecular weight excluding hydrogens is 264 g/mol. The van der Waals surface area contributed by atoms with Gasteiger partial charge in [-0.25, -0.2) is 0 Å². The van der Waals surface area contributed by atoms with E-state index in [-0.39, 0.29) is 11.9 Å². The topological polar surface area (TPSA) is 50.4 Å². The van der Waals surface area contributed by atoms with Crippen LogP contribution in [0.5, 0.6) is 5.75 Å². The predicted octanol–water partition coefficient (Wildman–Crippen LogP) is 2.35. The Kier molecular flexibility index (Phi) is 3.77. The summed E-state index contributed by atoms with van der Waals surface area (Å²) in [6.45, 7) is 0.525. The lowest BCUT2D eigenvalue weighted by molar-refractivity contribution is -0.121. The lowest BCUT2D eigenvalue weighted by atomic mass is 10.1. The summed E-state index contributed by atoms with van der Waals surface area (Å²) < 4.78 is 5.11. The molecule has 3 rings (SSSR count). The molecule has 21 heavy (non-hydrogen) atoms. The van der Waals surface area contributed by atoms with Crippen molar-refractivity contribution in [2.75, 3.05) is 12.4 Å². The second-order valence-corrected chi connectivity index (χ2v) is 5.12. The van der Waals surface area contributed by atoms with Gasteiger partial charge >= 0.3 is 0 Å². The molecule has 1 atom stereocenters. The molecule has 4 heteroatoms. The van der Waals surface area contributed by atoms with E-state index in [2.05, 4.69) is 16.7 Å². The second-order valence-electron chi connectivity index (χ2n) is 5.12. The summed E-state index contributed by atoms with van der Waals surface area (Å²) >= 11 is 0. The average Bonchev–Trinajstić information content (AvgIpc) is 2.97. The van der Waals surface area contributed by atoms with E-state index >= 15 is 0 Å². The minimum absolute atomic E-state index is 0.0296. The molecule has 0 spiro atoms. The number of carbonyl (C=O) groups excluding carboxylic acids is 1. The number of fused-ring (bicyclic) bond motifs is 1. The Labute approximate surface area is 124 Å². The van der Waals surface area contributed by atoms with E-state index in [0.29, 0.717) is 6.54 Å². The minimum Gasteiger partial charge on any atom is -0.497 e. The highest BCUT2D eigenvalue weighted by Crippen LogP contribution is 2.25. The molecule has 2 aromatic rings. The molecule has 1 amide bonds. The van der Waals surface area contributed by atoms with Crippen LogP contribution in [0.2, 0.25) is 0 Å². The first-order valence-electron chi connectivity index (χ1n) is 7.01. The van der Waals surface area contributed by atoms with Gasteiger partial charge in [0.2, 0.25) is 5.91 Å². The third kappa shape index (κ3) is 2.99. The molecule has 0 bridgehead atoms. The monoisotopic (exact) mass is 282 g/mol. The Hall–Kier alpha value is -2.49. The molecule has 1 unspecified atom stereocenters. The van der Waals surface area contributed by atoms with Crippen molar-refractivity contribution in [3.8, 4) is 5.75 Å². The molecule has 108 valence electrons. The van der Waals surface area contributed by atoms with Gasteiger partial charge in [0.1, 0.15) is 11.8 Å². The zero-order valence-electron chi connectivity index (χ0n) is 11.9. The summed E-state index contributed by atoms with van der Waals surface area (Å²) in [4.78, 5) is 12.2. The van der Waals surface area contributed by atoms with E-state index in [1.807, 2.05) is 42.5 Å². The number of benzene rings is 2.